The number of para-hydroxylation sites is 1. The zero-order valence-corrected chi connectivity index (χ0v) is 8.57. The van der Waals surface area contributed by atoms with E-state index in [1.165, 1.54) is 11.6 Å². The molecule has 1 heterocycles. The van der Waals surface area contributed by atoms with Gasteiger partial charge in [0.1, 0.15) is 6.10 Å². The van der Waals surface area contributed by atoms with Crippen molar-refractivity contribution < 1.29 is 9.53 Å². The topological polar surface area (TPSA) is 38.3 Å². The molecule has 78 valence electrons. The van der Waals surface area contributed by atoms with Gasteiger partial charge in [0, 0.05) is 11.8 Å². The molecule has 1 atom stereocenters. The Labute approximate surface area is 88.8 Å². The first-order valence-electron chi connectivity index (χ1n) is 4.94. The molecule has 0 aliphatic carbocycles. The van der Waals surface area contributed by atoms with Crippen LogP contribution in [0.25, 0.3) is 0 Å². The van der Waals surface area contributed by atoms with Gasteiger partial charge in [0.15, 0.2) is 0 Å². The minimum Gasteiger partial charge on any atom is -0.453 e. The molecule has 1 aromatic rings. The molecule has 3 nitrogen and oxygen atoms in total. The molecule has 0 radical (unpaired) electrons. The van der Waals surface area contributed by atoms with E-state index in [1.807, 2.05) is 31.2 Å². The molecule has 1 unspecified atom stereocenters. The first-order valence-corrected chi connectivity index (χ1v) is 4.94. The van der Waals surface area contributed by atoms with Gasteiger partial charge >= 0.3 is 5.97 Å². The van der Waals surface area contributed by atoms with Crippen LogP contribution < -0.4 is 5.32 Å². The monoisotopic (exact) mass is 203 g/mol. The maximum Gasteiger partial charge on any atom is 0.331 e. The van der Waals surface area contributed by atoms with Crippen LogP contribution in [0.4, 0.5) is 5.69 Å². The number of esters is 1. The fourth-order valence-corrected chi connectivity index (χ4v) is 1.51. The van der Waals surface area contributed by atoms with Crippen LogP contribution in [-0.2, 0) is 9.53 Å². The number of hydrogen-bond donors (Lipinski definition) is 1. The van der Waals surface area contributed by atoms with Gasteiger partial charge in [-0.3, -0.25) is 0 Å². The molecule has 1 N–H and O–H groups in total. The number of rotatable bonds is 3. The van der Waals surface area contributed by atoms with Crippen LogP contribution in [0.5, 0.6) is 0 Å². The summed E-state index contributed by atoms with van der Waals surface area (Å²) in [4.78, 5) is 10.8. The third kappa shape index (κ3) is 2.37. The number of carbonyl (C=O) groups is 1. The van der Waals surface area contributed by atoms with Crippen molar-refractivity contribution in [3.05, 3.63) is 42.0 Å². The Morgan fingerprint density at radius 3 is 2.87 bits per heavy atom. The number of cyclic esters (lactones) is 1. The number of nitrogens with one attached hydrogen (secondary N) is 1. The fourth-order valence-electron chi connectivity index (χ4n) is 1.51. The molecule has 0 saturated heterocycles. The smallest absolute Gasteiger partial charge is 0.331 e. The quantitative estimate of drug-likeness (QED) is 0.762. The van der Waals surface area contributed by atoms with Crippen molar-refractivity contribution in [1.82, 2.24) is 0 Å². The highest BCUT2D eigenvalue weighted by Crippen LogP contribution is 2.14. The van der Waals surface area contributed by atoms with Crippen LogP contribution in [0.3, 0.4) is 0 Å². The Bertz CT molecular complexity index is 398. The average Bonchev–Trinajstić information content (AvgIpc) is 2.63. The Balaban J connectivity index is 1.91. The number of hydrogen-bond acceptors (Lipinski definition) is 3. The van der Waals surface area contributed by atoms with Crippen molar-refractivity contribution in [2.24, 2.45) is 0 Å². The van der Waals surface area contributed by atoms with Crippen LogP contribution in [0.2, 0.25) is 0 Å². The molecule has 1 aliphatic rings. The van der Waals surface area contributed by atoms with E-state index in [9.17, 15) is 4.79 Å². The van der Waals surface area contributed by atoms with Gasteiger partial charge in [0.05, 0.1) is 6.54 Å². The molecule has 3 heteroatoms. The SMILES string of the molecule is Cc1ccccc1NCC1C=CC(=O)O1. The summed E-state index contributed by atoms with van der Waals surface area (Å²) in [5, 5.41) is 3.25. The molecule has 1 aromatic carbocycles. The lowest BCUT2D eigenvalue weighted by atomic mass is 10.2. The second-order valence-corrected chi connectivity index (χ2v) is 3.53. The summed E-state index contributed by atoms with van der Waals surface area (Å²) >= 11 is 0. The third-order valence-electron chi connectivity index (χ3n) is 2.35. The maximum atomic E-state index is 10.8. The van der Waals surface area contributed by atoms with E-state index in [2.05, 4.69) is 5.32 Å². The molecule has 0 amide bonds. The standard InChI is InChI=1S/C12H13NO2/c1-9-4-2-3-5-11(9)13-8-10-6-7-12(14)15-10/h2-7,10,13H,8H2,1H3. The number of aryl methyl sites for hydroxylation is 1. The summed E-state index contributed by atoms with van der Waals surface area (Å²) in [5.74, 6) is -0.258. The third-order valence-corrected chi connectivity index (χ3v) is 2.35. The second kappa shape index (κ2) is 4.17. The Morgan fingerprint density at radius 2 is 2.20 bits per heavy atom. The first kappa shape index (κ1) is 9.77. The molecular formula is C12H13NO2. The molecule has 0 saturated carbocycles. The first-order chi connectivity index (χ1) is 7.25. The minimum atomic E-state index is -0.258. The van der Waals surface area contributed by atoms with Crippen LogP contribution in [0, 0.1) is 6.92 Å². The largest absolute Gasteiger partial charge is 0.453 e. The maximum absolute atomic E-state index is 10.8. The molecule has 0 bridgehead atoms. The summed E-state index contributed by atoms with van der Waals surface area (Å²) in [7, 11) is 0. The normalized spacial score (nSPS) is 19.0. The van der Waals surface area contributed by atoms with Crippen molar-refractivity contribution in [3.63, 3.8) is 0 Å². The predicted octanol–water partition coefficient (Wildman–Crippen LogP) is 1.89. The molecule has 15 heavy (non-hydrogen) atoms. The minimum absolute atomic E-state index is 0.142. The highest BCUT2D eigenvalue weighted by molar-refractivity contribution is 5.84. The van der Waals surface area contributed by atoms with Crippen LogP contribution in [-0.4, -0.2) is 18.6 Å². The molecule has 0 spiro atoms. The van der Waals surface area contributed by atoms with Crippen LogP contribution in [0.1, 0.15) is 5.56 Å². The van der Waals surface area contributed by atoms with E-state index < -0.39 is 0 Å². The van der Waals surface area contributed by atoms with E-state index in [0.29, 0.717) is 6.54 Å². The summed E-state index contributed by atoms with van der Waals surface area (Å²) in [5.41, 5.74) is 2.26. The van der Waals surface area contributed by atoms with Crippen molar-refractivity contribution in [2.45, 2.75) is 13.0 Å². The van der Waals surface area contributed by atoms with E-state index in [4.69, 9.17) is 4.74 Å². The predicted molar refractivity (Wildman–Crippen MR) is 58.7 cm³/mol. The lowest BCUT2D eigenvalue weighted by Crippen LogP contribution is -2.19. The van der Waals surface area contributed by atoms with Gasteiger partial charge in [0.25, 0.3) is 0 Å². The zero-order valence-electron chi connectivity index (χ0n) is 8.57. The van der Waals surface area contributed by atoms with Crippen molar-refractivity contribution >= 4 is 11.7 Å². The van der Waals surface area contributed by atoms with Gasteiger partial charge in [-0.2, -0.15) is 0 Å². The summed E-state index contributed by atoms with van der Waals surface area (Å²) in [6.07, 6.45) is 3.09. The van der Waals surface area contributed by atoms with Gasteiger partial charge in [-0.05, 0) is 24.6 Å². The highest BCUT2D eigenvalue weighted by Gasteiger charge is 2.15. The zero-order chi connectivity index (χ0) is 10.7. The Kier molecular flexibility index (Phi) is 2.72. The van der Waals surface area contributed by atoms with E-state index >= 15 is 0 Å². The Morgan fingerprint density at radius 1 is 1.40 bits per heavy atom. The van der Waals surface area contributed by atoms with Crippen LogP contribution in [0.15, 0.2) is 36.4 Å². The van der Waals surface area contributed by atoms with E-state index in [0.717, 1.165) is 5.69 Å². The van der Waals surface area contributed by atoms with Crippen molar-refractivity contribution in [2.75, 3.05) is 11.9 Å². The van der Waals surface area contributed by atoms with E-state index in [-0.39, 0.29) is 12.1 Å². The van der Waals surface area contributed by atoms with Gasteiger partial charge in [0.2, 0.25) is 0 Å². The average molecular weight is 203 g/mol. The number of anilines is 1. The number of carbonyl (C=O) groups excluding carboxylic acids is 1. The molecular weight excluding hydrogens is 190 g/mol. The van der Waals surface area contributed by atoms with Crippen molar-refractivity contribution in [1.29, 1.82) is 0 Å². The second-order valence-electron chi connectivity index (χ2n) is 3.53. The number of benzene rings is 1. The summed E-state index contributed by atoms with van der Waals surface area (Å²) in [6.45, 7) is 2.66. The molecule has 0 aromatic heterocycles. The number of ether oxygens (including phenoxy) is 1. The lowest BCUT2D eigenvalue weighted by molar-refractivity contribution is -0.138. The molecule has 2 rings (SSSR count). The van der Waals surface area contributed by atoms with Gasteiger partial charge < -0.3 is 10.1 Å². The summed E-state index contributed by atoms with van der Waals surface area (Å²) in [6, 6.07) is 8.02. The summed E-state index contributed by atoms with van der Waals surface area (Å²) < 4.78 is 5.01. The van der Waals surface area contributed by atoms with Gasteiger partial charge in [-0.15, -0.1) is 0 Å². The molecule has 0 fully saturated rings. The van der Waals surface area contributed by atoms with Gasteiger partial charge in [-0.1, -0.05) is 18.2 Å². The van der Waals surface area contributed by atoms with Crippen molar-refractivity contribution in [3.8, 4) is 0 Å². The van der Waals surface area contributed by atoms with Gasteiger partial charge in [-0.25, -0.2) is 4.79 Å². The highest BCUT2D eigenvalue weighted by atomic mass is 16.5. The molecule has 1 aliphatic heterocycles. The lowest BCUT2D eigenvalue weighted by Gasteiger charge is -2.12. The van der Waals surface area contributed by atoms with E-state index in [1.54, 1.807) is 6.08 Å². The van der Waals surface area contributed by atoms with Crippen LogP contribution >= 0.6 is 0 Å². The Hall–Kier alpha value is -1.77. The fraction of sp³-hybridized carbons (Fsp3) is 0.250.